The highest BCUT2D eigenvalue weighted by molar-refractivity contribution is 5.66. The van der Waals surface area contributed by atoms with Gasteiger partial charge >= 0.3 is 5.97 Å². The Labute approximate surface area is 55.2 Å². The zero-order valence-electron chi connectivity index (χ0n) is 5.64. The molecule has 0 rings (SSSR count). The van der Waals surface area contributed by atoms with Crippen LogP contribution in [-0.2, 0) is 9.90 Å². The molecule has 0 unspecified atom stereocenters. The van der Waals surface area contributed by atoms with Crippen LogP contribution in [0.2, 0.25) is 0 Å². The second kappa shape index (κ2) is 4.13. The van der Waals surface area contributed by atoms with Crippen molar-refractivity contribution in [1.82, 2.24) is 0 Å². The smallest absolute Gasteiger partial charge is 0.247 e. The second-order valence-corrected chi connectivity index (χ2v) is 1.98. The number of allylic oxidation sites excluding steroid dienone is 1. The maximum absolute atomic E-state index is 9.87. The summed E-state index contributed by atoms with van der Waals surface area (Å²) in [5.74, 6) is -0.996. The highest BCUT2D eigenvalue weighted by atomic mass is 16.4. The molecular weight excluding hydrogens is 116 g/mol. The normalized spacial score (nSPS) is 9.00. The van der Waals surface area contributed by atoms with Gasteiger partial charge in [0.15, 0.2) is 0 Å². The molecule has 2 nitrogen and oxygen atoms in total. The Morgan fingerprint density at radius 2 is 2.00 bits per heavy atom. The topological polar surface area (TPSA) is 37.0 Å². The van der Waals surface area contributed by atoms with Crippen LogP contribution in [0.3, 0.4) is 0 Å². The third-order valence-corrected chi connectivity index (χ3v) is 1.18. The van der Waals surface area contributed by atoms with E-state index in [1.54, 1.807) is 0 Å². The Kier molecular flexibility index (Phi) is 3.76. The van der Waals surface area contributed by atoms with Gasteiger partial charge in [-0.3, -0.25) is 0 Å². The SMILES string of the molecule is C=C(CC)CCC([O])=O. The summed E-state index contributed by atoms with van der Waals surface area (Å²) in [7, 11) is 0. The third kappa shape index (κ3) is 5.07. The van der Waals surface area contributed by atoms with Crippen molar-refractivity contribution in [2.75, 3.05) is 0 Å². The molecule has 9 heavy (non-hydrogen) atoms. The predicted octanol–water partition coefficient (Wildman–Crippen LogP) is 1.69. The Bertz CT molecular complexity index is 116. The van der Waals surface area contributed by atoms with Crippen molar-refractivity contribution in [2.24, 2.45) is 0 Å². The molecule has 0 aliphatic carbocycles. The minimum absolute atomic E-state index is 0.104. The molecule has 51 valence electrons. The largest absolute Gasteiger partial charge is 0.355 e. The first-order chi connectivity index (χ1) is 4.16. The summed E-state index contributed by atoms with van der Waals surface area (Å²) >= 11 is 0. The summed E-state index contributed by atoms with van der Waals surface area (Å²) in [6.45, 7) is 5.61. The Hall–Kier alpha value is -0.790. The van der Waals surface area contributed by atoms with Crippen LogP contribution >= 0.6 is 0 Å². The summed E-state index contributed by atoms with van der Waals surface area (Å²) in [4.78, 5) is 9.87. The molecule has 0 aliphatic rings. The molecule has 2 heteroatoms. The van der Waals surface area contributed by atoms with Crippen LogP contribution in [-0.4, -0.2) is 5.97 Å². The molecular formula is C7H11O2. The molecule has 0 bridgehead atoms. The number of carbonyl (C=O) groups is 1. The van der Waals surface area contributed by atoms with E-state index < -0.39 is 5.97 Å². The third-order valence-electron chi connectivity index (χ3n) is 1.18. The molecule has 0 aliphatic heterocycles. The maximum Gasteiger partial charge on any atom is 0.355 e. The zero-order valence-corrected chi connectivity index (χ0v) is 5.64. The van der Waals surface area contributed by atoms with E-state index in [1.165, 1.54) is 0 Å². The second-order valence-electron chi connectivity index (χ2n) is 1.98. The Morgan fingerprint density at radius 3 is 2.33 bits per heavy atom. The van der Waals surface area contributed by atoms with E-state index in [2.05, 4.69) is 6.58 Å². The van der Waals surface area contributed by atoms with Crippen molar-refractivity contribution in [3.8, 4) is 0 Å². The molecule has 0 spiro atoms. The van der Waals surface area contributed by atoms with E-state index in [4.69, 9.17) is 0 Å². The van der Waals surface area contributed by atoms with E-state index in [0.717, 1.165) is 12.0 Å². The summed E-state index contributed by atoms with van der Waals surface area (Å²) in [6.07, 6.45) is 1.51. The van der Waals surface area contributed by atoms with Gasteiger partial charge in [0, 0.05) is 0 Å². The van der Waals surface area contributed by atoms with Crippen LogP contribution < -0.4 is 0 Å². The summed E-state index contributed by atoms with van der Waals surface area (Å²) in [6, 6.07) is 0. The lowest BCUT2D eigenvalue weighted by molar-refractivity contribution is -0.143. The highest BCUT2D eigenvalue weighted by Crippen LogP contribution is 2.05. The lowest BCUT2D eigenvalue weighted by Crippen LogP contribution is -1.92. The number of hydrogen-bond acceptors (Lipinski definition) is 1. The van der Waals surface area contributed by atoms with Crippen LogP contribution in [0.15, 0.2) is 12.2 Å². The van der Waals surface area contributed by atoms with Crippen LogP contribution in [0.1, 0.15) is 26.2 Å². The Balaban J connectivity index is 3.28. The summed E-state index contributed by atoms with van der Waals surface area (Å²) < 4.78 is 0. The number of hydrogen-bond donors (Lipinski definition) is 0. The molecule has 0 saturated heterocycles. The van der Waals surface area contributed by atoms with Gasteiger partial charge in [-0.1, -0.05) is 19.1 Å². The first-order valence-electron chi connectivity index (χ1n) is 3.03. The van der Waals surface area contributed by atoms with E-state index >= 15 is 0 Å². The highest BCUT2D eigenvalue weighted by Gasteiger charge is 1.98. The molecule has 0 heterocycles. The van der Waals surface area contributed by atoms with Crippen molar-refractivity contribution < 1.29 is 9.90 Å². The minimum Gasteiger partial charge on any atom is -0.247 e. The molecule has 0 fully saturated rings. The first-order valence-corrected chi connectivity index (χ1v) is 3.03. The van der Waals surface area contributed by atoms with Crippen molar-refractivity contribution in [3.05, 3.63) is 12.2 Å². The van der Waals surface area contributed by atoms with Gasteiger partial charge in [-0.2, -0.15) is 0 Å². The lowest BCUT2D eigenvalue weighted by atomic mass is 10.1. The van der Waals surface area contributed by atoms with Crippen molar-refractivity contribution >= 4 is 5.97 Å². The fourth-order valence-electron chi connectivity index (χ4n) is 0.456. The summed E-state index contributed by atoms with van der Waals surface area (Å²) in [5.41, 5.74) is 0.971. The summed E-state index contributed by atoms with van der Waals surface area (Å²) in [5, 5.41) is 9.87. The quantitative estimate of drug-likeness (QED) is 0.529. The van der Waals surface area contributed by atoms with E-state index in [0.29, 0.717) is 6.42 Å². The monoisotopic (exact) mass is 127 g/mol. The molecule has 0 aromatic carbocycles. The van der Waals surface area contributed by atoms with Gasteiger partial charge in [0.25, 0.3) is 0 Å². The van der Waals surface area contributed by atoms with Gasteiger partial charge in [-0.25, -0.2) is 9.90 Å². The van der Waals surface area contributed by atoms with E-state index in [9.17, 15) is 9.90 Å². The van der Waals surface area contributed by atoms with Crippen LogP contribution in [0.5, 0.6) is 0 Å². The van der Waals surface area contributed by atoms with Gasteiger partial charge < -0.3 is 0 Å². The number of rotatable bonds is 4. The van der Waals surface area contributed by atoms with Gasteiger partial charge in [-0.05, 0) is 12.8 Å². The zero-order chi connectivity index (χ0) is 7.28. The predicted molar refractivity (Wildman–Crippen MR) is 34.4 cm³/mol. The van der Waals surface area contributed by atoms with Gasteiger partial charge in [0.05, 0.1) is 6.42 Å². The standard InChI is InChI=1S/C7H11O2/c1-3-6(2)4-5-7(8)9/h2-5H2,1H3. The average molecular weight is 127 g/mol. The molecule has 1 radical (unpaired) electrons. The van der Waals surface area contributed by atoms with Crippen molar-refractivity contribution in [3.63, 3.8) is 0 Å². The van der Waals surface area contributed by atoms with Crippen LogP contribution in [0.4, 0.5) is 0 Å². The number of carbonyl (C=O) groups excluding carboxylic acids is 1. The van der Waals surface area contributed by atoms with Gasteiger partial charge in [0.2, 0.25) is 0 Å². The Morgan fingerprint density at radius 1 is 1.44 bits per heavy atom. The van der Waals surface area contributed by atoms with E-state index in [1.807, 2.05) is 6.92 Å². The maximum atomic E-state index is 9.87. The molecule has 0 atom stereocenters. The van der Waals surface area contributed by atoms with Crippen LogP contribution in [0, 0.1) is 0 Å². The fraction of sp³-hybridized carbons (Fsp3) is 0.571. The fourth-order valence-corrected chi connectivity index (χ4v) is 0.456. The molecule has 0 saturated carbocycles. The van der Waals surface area contributed by atoms with Crippen molar-refractivity contribution in [1.29, 1.82) is 0 Å². The molecule has 0 aromatic rings. The van der Waals surface area contributed by atoms with Gasteiger partial charge in [0.1, 0.15) is 0 Å². The van der Waals surface area contributed by atoms with E-state index in [-0.39, 0.29) is 6.42 Å². The van der Waals surface area contributed by atoms with Gasteiger partial charge in [-0.15, -0.1) is 0 Å². The molecule has 0 amide bonds. The average Bonchev–Trinajstić information content (AvgIpc) is 1.83. The first kappa shape index (κ1) is 8.21. The molecule has 0 aromatic heterocycles. The van der Waals surface area contributed by atoms with Crippen molar-refractivity contribution in [2.45, 2.75) is 26.2 Å². The lowest BCUT2D eigenvalue weighted by Gasteiger charge is -1.94. The minimum atomic E-state index is -0.996. The van der Waals surface area contributed by atoms with Crippen LogP contribution in [0.25, 0.3) is 0 Å². The molecule has 0 N–H and O–H groups in total.